The van der Waals surface area contributed by atoms with E-state index in [1.807, 2.05) is 0 Å². The van der Waals surface area contributed by atoms with Gasteiger partial charge in [0.15, 0.2) is 4.90 Å². The minimum atomic E-state index is -4.23. The summed E-state index contributed by atoms with van der Waals surface area (Å²) in [6, 6.07) is 7.71. The number of nitro groups is 1. The van der Waals surface area contributed by atoms with Gasteiger partial charge in [0.05, 0.1) is 29.9 Å². The van der Waals surface area contributed by atoms with E-state index in [9.17, 15) is 18.5 Å². The second kappa shape index (κ2) is 6.93. The Balaban J connectivity index is 2.53. The smallest absolute Gasteiger partial charge is 0.289 e. The van der Waals surface area contributed by atoms with Crippen LogP contribution in [0.5, 0.6) is 11.5 Å². The molecule has 0 fully saturated rings. The molecule has 0 unspecified atom stereocenters. The fourth-order valence-electron chi connectivity index (χ4n) is 1.98. The van der Waals surface area contributed by atoms with Gasteiger partial charge in [-0.25, -0.2) is 8.42 Å². The molecular weight excluding hydrogens is 360 g/mol. The fourth-order valence-corrected chi connectivity index (χ4v) is 3.44. The molecule has 0 aliphatic rings. The van der Waals surface area contributed by atoms with Crippen LogP contribution >= 0.6 is 11.6 Å². The monoisotopic (exact) mass is 372 g/mol. The SMILES string of the molecule is COc1cc(NS(=O)(=O)c2ccccc2[N+](=O)[O-])c(OC)cc1Cl. The molecule has 0 saturated heterocycles. The van der Waals surface area contributed by atoms with Crippen LogP contribution in [0, 0.1) is 10.1 Å². The molecule has 0 aliphatic carbocycles. The molecule has 2 aromatic carbocycles. The van der Waals surface area contributed by atoms with Crippen LogP contribution in [0.25, 0.3) is 0 Å². The predicted octanol–water partition coefficient (Wildman–Crippen LogP) is 3.07. The molecule has 128 valence electrons. The number of anilines is 1. The number of halogens is 1. The molecule has 0 bridgehead atoms. The van der Waals surface area contributed by atoms with Crippen molar-refractivity contribution in [3.05, 3.63) is 51.5 Å². The lowest BCUT2D eigenvalue weighted by atomic mass is 10.3. The van der Waals surface area contributed by atoms with E-state index in [0.29, 0.717) is 0 Å². The molecule has 0 radical (unpaired) electrons. The first-order valence-corrected chi connectivity index (χ1v) is 8.34. The van der Waals surface area contributed by atoms with Gasteiger partial charge in [-0.3, -0.25) is 14.8 Å². The number of para-hydroxylation sites is 1. The lowest BCUT2D eigenvalue weighted by Gasteiger charge is -2.14. The maximum atomic E-state index is 12.5. The molecule has 0 spiro atoms. The fraction of sp³-hybridized carbons (Fsp3) is 0.143. The second-order valence-electron chi connectivity index (χ2n) is 4.52. The number of hydrogen-bond donors (Lipinski definition) is 1. The van der Waals surface area contributed by atoms with Crippen molar-refractivity contribution in [2.75, 3.05) is 18.9 Å². The van der Waals surface area contributed by atoms with E-state index in [-0.39, 0.29) is 22.2 Å². The van der Waals surface area contributed by atoms with Crippen molar-refractivity contribution in [1.82, 2.24) is 0 Å². The van der Waals surface area contributed by atoms with Gasteiger partial charge < -0.3 is 9.47 Å². The first-order valence-electron chi connectivity index (χ1n) is 6.48. The Morgan fingerprint density at radius 1 is 1.12 bits per heavy atom. The van der Waals surface area contributed by atoms with Crippen molar-refractivity contribution >= 4 is 33.0 Å². The second-order valence-corrected chi connectivity index (χ2v) is 6.58. The zero-order chi connectivity index (χ0) is 17.9. The molecule has 2 rings (SSSR count). The third-order valence-electron chi connectivity index (χ3n) is 3.07. The highest BCUT2D eigenvalue weighted by Gasteiger charge is 2.26. The van der Waals surface area contributed by atoms with Crippen molar-refractivity contribution in [3.63, 3.8) is 0 Å². The van der Waals surface area contributed by atoms with E-state index in [1.165, 1.54) is 38.5 Å². The van der Waals surface area contributed by atoms with Crippen molar-refractivity contribution in [3.8, 4) is 11.5 Å². The van der Waals surface area contributed by atoms with Crippen LogP contribution in [0.3, 0.4) is 0 Å². The number of benzene rings is 2. The summed E-state index contributed by atoms with van der Waals surface area (Å²) < 4.78 is 37.4. The van der Waals surface area contributed by atoms with E-state index in [0.717, 1.165) is 12.1 Å². The third kappa shape index (κ3) is 3.52. The van der Waals surface area contributed by atoms with Crippen LogP contribution in [0.15, 0.2) is 41.3 Å². The van der Waals surface area contributed by atoms with Gasteiger partial charge in [-0.2, -0.15) is 0 Å². The Morgan fingerprint density at radius 3 is 2.33 bits per heavy atom. The molecule has 1 N–H and O–H groups in total. The third-order valence-corrected chi connectivity index (χ3v) is 4.78. The van der Waals surface area contributed by atoms with Gasteiger partial charge in [0.25, 0.3) is 15.7 Å². The number of ether oxygens (including phenoxy) is 2. The molecule has 2 aromatic rings. The summed E-state index contributed by atoms with van der Waals surface area (Å²) >= 11 is 5.96. The van der Waals surface area contributed by atoms with E-state index in [2.05, 4.69) is 4.72 Å². The summed E-state index contributed by atoms with van der Waals surface area (Å²) in [7, 11) is -1.53. The summed E-state index contributed by atoms with van der Waals surface area (Å²) in [4.78, 5) is 9.80. The molecule has 10 heteroatoms. The van der Waals surface area contributed by atoms with Gasteiger partial charge in [0.1, 0.15) is 11.5 Å². The number of nitrogens with one attached hydrogen (secondary N) is 1. The van der Waals surface area contributed by atoms with Gasteiger partial charge in [-0.05, 0) is 6.07 Å². The maximum absolute atomic E-state index is 12.5. The quantitative estimate of drug-likeness (QED) is 0.616. The number of nitrogens with zero attached hydrogens (tertiary/aromatic N) is 1. The summed E-state index contributed by atoms with van der Waals surface area (Å²) in [5.74, 6) is 0.362. The highest BCUT2D eigenvalue weighted by molar-refractivity contribution is 7.92. The molecule has 24 heavy (non-hydrogen) atoms. The minimum Gasteiger partial charge on any atom is -0.495 e. The van der Waals surface area contributed by atoms with Crippen LogP contribution in [0.1, 0.15) is 0 Å². The molecule has 0 atom stereocenters. The molecule has 8 nitrogen and oxygen atoms in total. The zero-order valence-corrected chi connectivity index (χ0v) is 14.2. The largest absolute Gasteiger partial charge is 0.495 e. The molecule has 0 aromatic heterocycles. The van der Waals surface area contributed by atoms with E-state index in [4.69, 9.17) is 21.1 Å². The number of methoxy groups -OCH3 is 2. The molecule has 0 amide bonds. The highest BCUT2D eigenvalue weighted by atomic mass is 35.5. The lowest BCUT2D eigenvalue weighted by Crippen LogP contribution is -2.15. The van der Waals surface area contributed by atoms with Crippen molar-refractivity contribution in [2.24, 2.45) is 0 Å². The molecule has 0 heterocycles. The number of sulfonamides is 1. The van der Waals surface area contributed by atoms with Gasteiger partial charge >= 0.3 is 0 Å². The van der Waals surface area contributed by atoms with Crippen molar-refractivity contribution < 1.29 is 22.8 Å². The minimum absolute atomic E-state index is 0.0388. The van der Waals surface area contributed by atoms with Gasteiger partial charge in [0.2, 0.25) is 0 Å². The predicted molar refractivity (Wildman–Crippen MR) is 88.5 cm³/mol. The molecular formula is C14H13ClN2O6S. The number of nitro benzene ring substituents is 1. The number of hydrogen-bond acceptors (Lipinski definition) is 6. The van der Waals surface area contributed by atoms with Crippen LogP contribution in [0.4, 0.5) is 11.4 Å². The maximum Gasteiger partial charge on any atom is 0.289 e. The van der Waals surface area contributed by atoms with Crippen LogP contribution in [-0.4, -0.2) is 27.6 Å². The Labute approximate surface area is 143 Å². The Morgan fingerprint density at radius 2 is 1.75 bits per heavy atom. The summed E-state index contributed by atoms with van der Waals surface area (Å²) in [5.41, 5.74) is -0.498. The normalized spacial score (nSPS) is 11.0. The van der Waals surface area contributed by atoms with E-state index in [1.54, 1.807) is 0 Å². The van der Waals surface area contributed by atoms with Gasteiger partial charge in [0, 0.05) is 18.2 Å². The number of rotatable bonds is 6. The zero-order valence-electron chi connectivity index (χ0n) is 12.6. The standard InChI is InChI=1S/C14H13ClN2O6S/c1-22-12-8-10(13(23-2)7-9(12)15)16-24(20,21)14-6-4-3-5-11(14)17(18)19/h3-8,16H,1-2H3. The van der Waals surface area contributed by atoms with E-state index < -0.39 is 25.5 Å². The van der Waals surface area contributed by atoms with E-state index >= 15 is 0 Å². The topological polar surface area (TPSA) is 108 Å². The average molecular weight is 373 g/mol. The van der Waals surface area contributed by atoms with Crippen molar-refractivity contribution in [2.45, 2.75) is 4.90 Å². The highest BCUT2D eigenvalue weighted by Crippen LogP contribution is 2.37. The Bertz CT molecular complexity index is 885. The Hall–Kier alpha value is -2.52. The van der Waals surface area contributed by atoms with Crippen molar-refractivity contribution in [1.29, 1.82) is 0 Å². The molecule has 0 saturated carbocycles. The van der Waals surface area contributed by atoms with Gasteiger partial charge in [-0.1, -0.05) is 23.7 Å². The first kappa shape index (κ1) is 17.8. The van der Waals surface area contributed by atoms with Gasteiger partial charge in [-0.15, -0.1) is 0 Å². The van der Waals surface area contributed by atoms with Crippen LogP contribution in [0.2, 0.25) is 5.02 Å². The Kier molecular flexibility index (Phi) is 5.15. The first-order chi connectivity index (χ1) is 11.3. The summed E-state index contributed by atoms with van der Waals surface area (Å²) in [6.45, 7) is 0. The van der Waals surface area contributed by atoms with Crippen LogP contribution < -0.4 is 14.2 Å². The summed E-state index contributed by atoms with van der Waals surface area (Å²) in [6.07, 6.45) is 0. The molecule has 0 aliphatic heterocycles. The average Bonchev–Trinajstić information content (AvgIpc) is 2.55. The lowest BCUT2D eigenvalue weighted by molar-refractivity contribution is -0.387. The van der Waals surface area contributed by atoms with Crippen LogP contribution in [-0.2, 0) is 10.0 Å². The summed E-state index contributed by atoms with van der Waals surface area (Å²) in [5, 5.41) is 11.3.